The molecule has 2 atom stereocenters. The Morgan fingerprint density at radius 3 is 2.94 bits per heavy atom. The van der Waals surface area contributed by atoms with Crippen molar-refractivity contribution >= 4 is 27.6 Å². The summed E-state index contributed by atoms with van der Waals surface area (Å²) in [6.07, 6.45) is 0.696. The molecular weight excluding hydrogens is 294 g/mol. The number of likely N-dealkylation sites (N-methyl/N-ethyl adjacent to an activating group) is 1. The Morgan fingerprint density at radius 1 is 1.61 bits per heavy atom. The second-order valence-electron chi connectivity index (χ2n) is 4.88. The average molecular weight is 312 g/mol. The summed E-state index contributed by atoms with van der Waals surface area (Å²) in [5.74, 6) is -0.702. The van der Waals surface area contributed by atoms with Gasteiger partial charge in [0.2, 0.25) is 0 Å². The molecule has 1 aromatic carbocycles. The molecule has 0 bridgehead atoms. The summed E-state index contributed by atoms with van der Waals surface area (Å²) in [5, 5.41) is 9.06. The summed E-state index contributed by atoms with van der Waals surface area (Å²) in [6, 6.07) is 6.19. The fraction of sp³-hybridized carbons (Fsp3) is 0.500. The van der Waals surface area contributed by atoms with E-state index >= 15 is 0 Å². The lowest BCUT2D eigenvalue weighted by molar-refractivity contribution is -0.141. The van der Waals surface area contributed by atoms with E-state index in [9.17, 15) is 4.79 Å². The zero-order valence-corrected chi connectivity index (χ0v) is 12.3. The molecule has 3 nitrogen and oxygen atoms in total. The van der Waals surface area contributed by atoms with Crippen LogP contribution >= 0.6 is 15.9 Å². The molecule has 0 aliphatic carbocycles. The van der Waals surface area contributed by atoms with Crippen LogP contribution in [0, 0.1) is 5.92 Å². The Balaban J connectivity index is 2.29. The number of nitrogens with zero attached hydrogens (tertiary/aromatic N) is 1. The third-order valence-electron chi connectivity index (χ3n) is 3.66. The van der Waals surface area contributed by atoms with Gasteiger partial charge in [-0.3, -0.25) is 4.79 Å². The van der Waals surface area contributed by atoms with Crippen LogP contribution in [0.4, 0.5) is 5.69 Å². The summed E-state index contributed by atoms with van der Waals surface area (Å²) >= 11 is 3.60. The van der Waals surface area contributed by atoms with Crippen LogP contribution in [0.2, 0.25) is 0 Å². The third kappa shape index (κ3) is 2.39. The van der Waals surface area contributed by atoms with Crippen LogP contribution in [0.1, 0.15) is 31.7 Å². The lowest BCUT2D eigenvalue weighted by Crippen LogP contribution is -2.22. The Hall–Kier alpha value is -1.03. The van der Waals surface area contributed by atoms with Gasteiger partial charge in [-0.1, -0.05) is 28.9 Å². The lowest BCUT2D eigenvalue weighted by Gasteiger charge is -2.17. The van der Waals surface area contributed by atoms with Crippen molar-refractivity contribution in [3.8, 4) is 0 Å². The molecule has 0 saturated heterocycles. The van der Waals surface area contributed by atoms with E-state index in [1.54, 1.807) is 6.92 Å². The molecule has 2 rings (SSSR count). The highest BCUT2D eigenvalue weighted by atomic mass is 79.9. The molecule has 98 valence electrons. The number of aliphatic carboxylic acids is 1. The maximum Gasteiger partial charge on any atom is 0.306 e. The molecule has 1 heterocycles. The van der Waals surface area contributed by atoms with Gasteiger partial charge in [0.05, 0.1) is 5.92 Å². The minimum absolute atomic E-state index is 0.299. The van der Waals surface area contributed by atoms with Gasteiger partial charge in [-0.2, -0.15) is 0 Å². The molecule has 2 unspecified atom stereocenters. The first-order valence-corrected chi connectivity index (χ1v) is 7.10. The number of hydrogen-bond donors (Lipinski definition) is 1. The number of anilines is 1. The fourth-order valence-electron chi connectivity index (χ4n) is 2.68. The zero-order valence-electron chi connectivity index (χ0n) is 10.7. The van der Waals surface area contributed by atoms with Gasteiger partial charge in [0, 0.05) is 29.2 Å². The maximum atomic E-state index is 11.0. The first-order valence-electron chi connectivity index (χ1n) is 6.30. The van der Waals surface area contributed by atoms with Crippen LogP contribution in [0.25, 0.3) is 0 Å². The number of rotatable bonds is 4. The Labute approximate surface area is 116 Å². The smallest absolute Gasteiger partial charge is 0.306 e. The van der Waals surface area contributed by atoms with E-state index in [2.05, 4.69) is 33.8 Å². The van der Waals surface area contributed by atoms with E-state index in [-0.39, 0.29) is 5.92 Å². The standard InChI is InChI=1S/C14H18BrNO2/c1-3-16-8-10(7-9(2)14(17)18)13-11(15)5-4-6-12(13)16/h4-6,9-10H,3,7-8H2,1-2H3,(H,17,18). The number of benzene rings is 1. The van der Waals surface area contributed by atoms with Gasteiger partial charge >= 0.3 is 5.97 Å². The molecule has 0 saturated carbocycles. The van der Waals surface area contributed by atoms with Crippen molar-refractivity contribution < 1.29 is 9.90 Å². The Bertz CT molecular complexity index is 461. The minimum atomic E-state index is -0.710. The molecule has 1 aliphatic rings. The highest BCUT2D eigenvalue weighted by Crippen LogP contribution is 2.43. The second kappa shape index (κ2) is 5.31. The largest absolute Gasteiger partial charge is 0.481 e. The van der Waals surface area contributed by atoms with Crippen molar-refractivity contribution in [2.75, 3.05) is 18.0 Å². The Kier molecular flexibility index (Phi) is 3.95. The van der Waals surface area contributed by atoms with Crippen molar-refractivity contribution in [1.82, 2.24) is 0 Å². The number of carboxylic acids is 1. The number of fused-ring (bicyclic) bond motifs is 1. The zero-order chi connectivity index (χ0) is 13.3. The van der Waals surface area contributed by atoms with Gasteiger partial charge < -0.3 is 10.0 Å². The van der Waals surface area contributed by atoms with Crippen LogP contribution < -0.4 is 4.90 Å². The Morgan fingerprint density at radius 2 is 2.33 bits per heavy atom. The van der Waals surface area contributed by atoms with Gasteiger partial charge in [-0.15, -0.1) is 0 Å². The molecule has 0 aromatic heterocycles. The van der Waals surface area contributed by atoms with Gasteiger partial charge in [-0.05, 0) is 31.0 Å². The first kappa shape index (κ1) is 13.4. The summed E-state index contributed by atoms with van der Waals surface area (Å²) in [5.41, 5.74) is 2.52. The molecule has 0 spiro atoms. The van der Waals surface area contributed by atoms with Crippen LogP contribution in [-0.4, -0.2) is 24.2 Å². The van der Waals surface area contributed by atoms with Crippen LogP contribution in [0.5, 0.6) is 0 Å². The number of hydrogen-bond acceptors (Lipinski definition) is 2. The van der Waals surface area contributed by atoms with Crippen LogP contribution in [-0.2, 0) is 4.79 Å². The number of halogens is 1. The molecule has 1 aromatic rings. The first-order chi connectivity index (χ1) is 8.54. The summed E-state index contributed by atoms with van der Waals surface area (Å²) < 4.78 is 1.10. The number of carbonyl (C=O) groups is 1. The predicted molar refractivity (Wildman–Crippen MR) is 76.2 cm³/mol. The van der Waals surface area contributed by atoms with Gasteiger partial charge in [0.15, 0.2) is 0 Å². The van der Waals surface area contributed by atoms with E-state index in [1.807, 2.05) is 12.1 Å². The quantitative estimate of drug-likeness (QED) is 0.925. The molecule has 0 radical (unpaired) electrons. The maximum absolute atomic E-state index is 11.0. The van der Waals surface area contributed by atoms with Crippen molar-refractivity contribution in [3.63, 3.8) is 0 Å². The van der Waals surface area contributed by atoms with E-state index in [0.717, 1.165) is 17.6 Å². The molecule has 18 heavy (non-hydrogen) atoms. The van der Waals surface area contributed by atoms with Crippen molar-refractivity contribution in [3.05, 3.63) is 28.2 Å². The predicted octanol–water partition coefficient (Wildman–Crippen LogP) is 3.48. The van der Waals surface area contributed by atoms with Gasteiger partial charge in [-0.25, -0.2) is 0 Å². The normalized spacial score (nSPS) is 19.7. The molecule has 1 N–H and O–H groups in total. The van der Waals surface area contributed by atoms with E-state index in [0.29, 0.717) is 12.3 Å². The average Bonchev–Trinajstić information content (AvgIpc) is 2.68. The lowest BCUT2D eigenvalue weighted by atomic mass is 9.91. The van der Waals surface area contributed by atoms with Gasteiger partial charge in [0.25, 0.3) is 0 Å². The molecule has 0 amide bonds. The molecule has 1 aliphatic heterocycles. The van der Waals surface area contributed by atoms with E-state index in [1.165, 1.54) is 11.3 Å². The van der Waals surface area contributed by atoms with Crippen LogP contribution in [0.15, 0.2) is 22.7 Å². The highest BCUT2D eigenvalue weighted by Gasteiger charge is 2.31. The van der Waals surface area contributed by atoms with Crippen LogP contribution in [0.3, 0.4) is 0 Å². The third-order valence-corrected chi connectivity index (χ3v) is 4.35. The summed E-state index contributed by atoms with van der Waals surface area (Å²) in [7, 11) is 0. The molecule has 0 fully saturated rings. The number of carboxylic acid groups (broad SMARTS) is 1. The van der Waals surface area contributed by atoms with Crippen molar-refractivity contribution in [1.29, 1.82) is 0 Å². The molecule has 4 heteroatoms. The van der Waals surface area contributed by atoms with E-state index < -0.39 is 5.97 Å². The fourth-order valence-corrected chi connectivity index (χ4v) is 3.36. The van der Waals surface area contributed by atoms with E-state index in [4.69, 9.17) is 5.11 Å². The van der Waals surface area contributed by atoms with Crippen molar-refractivity contribution in [2.45, 2.75) is 26.2 Å². The summed E-state index contributed by atoms with van der Waals surface area (Å²) in [4.78, 5) is 13.3. The monoisotopic (exact) mass is 311 g/mol. The SMILES string of the molecule is CCN1CC(CC(C)C(=O)O)c2c(Br)cccc21. The van der Waals surface area contributed by atoms with Crippen molar-refractivity contribution in [2.24, 2.45) is 5.92 Å². The van der Waals surface area contributed by atoms with Gasteiger partial charge in [0.1, 0.15) is 0 Å². The topological polar surface area (TPSA) is 40.5 Å². The summed E-state index contributed by atoms with van der Waals surface area (Å²) in [6.45, 7) is 5.80. The highest BCUT2D eigenvalue weighted by molar-refractivity contribution is 9.10. The minimum Gasteiger partial charge on any atom is -0.481 e. The second-order valence-corrected chi connectivity index (χ2v) is 5.74. The molecular formula is C14H18BrNO2.